The van der Waals surface area contributed by atoms with Gasteiger partial charge in [0.1, 0.15) is 0 Å². The maximum atomic E-state index is 14.8. The molecule has 1 saturated heterocycles. The van der Waals surface area contributed by atoms with Gasteiger partial charge in [0, 0.05) is 6.54 Å². The molecule has 38 heavy (non-hydrogen) atoms. The lowest BCUT2D eigenvalue weighted by atomic mass is 9.68. The highest BCUT2D eigenvalue weighted by molar-refractivity contribution is 5.86. The molecule has 7 rings (SSSR count). The Hall–Kier alpha value is -2.91. The fourth-order valence-electron chi connectivity index (χ4n) is 8.18. The van der Waals surface area contributed by atoms with Gasteiger partial charge in [0.25, 0.3) is 0 Å². The largest absolute Gasteiger partial charge is 0.355 e. The SMILES string of the molecule is O=C(NCC1CCNCC1)C(C1CC1c1ccccc1)(C1CC1c1ccccc1)C1CC1c1ccccc1. The van der Waals surface area contributed by atoms with Crippen LogP contribution in [0.2, 0.25) is 0 Å². The molecule has 1 heterocycles. The van der Waals surface area contributed by atoms with E-state index in [2.05, 4.69) is 102 Å². The Labute approximate surface area is 227 Å². The zero-order valence-electron chi connectivity index (χ0n) is 22.3. The maximum Gasteiger partial charge on any atom is 0.227 e. The predicted octanol–water partition coefficient (Wildman–Crippen LogP) is 6.50. The summed E-state index contributed by atoms with van der Waals surface area (Å²) >= 11 is 0. The number of piperidine rings is 1. The van der Waals surface area contributed by atoms with Crippen molar-refractivity contribution in [2.24, 2.45) is 29.1 Å². The minimum atomic E-state index is -0.297. The molecule has 3 aromatic rings. The third kappa shape index (κ3) is 4.39. The van der Waals surface area contributed by atoms with Crippen LogP contribution in [0.5, 0.6) is 0 Å². The standard InChI is InChI=1S/C35H40N2O/c38-34(37-23-24-16-18-36-19-17-24)35(31-20-28(31)25-10-4-1-5-11-25,32-21-29(32)26-12-6-2-7-13-26)33-22-30(33)27-14-8-3-9-15-27/h1-15,24,28-33,36H,16-23H2,(H,37,38). The number of hydrogen-bond donors (Lipinski definition) is 2. The van der Waals surface area contributed by atoms with Crippen LogP contribution in [-0.2, 0) is 4.79 Å². The zero-order chi connectivity index (χ0) is 25.5. The molecule has 3 saturated carbocycles. The predicted molar refractivity (Wildman–Crippen MR) is 153 cm³/mol. The van der Waals surface area contributed by atoms with Crippen LogP contribution in [-0.4, -0.2) is 25.5 Å². The lowest BCUT2D eigenvalue weighted by Crippen LogP contribution is -2.49. The van der Waals surface area contributed by atoms with Crippen LogP contribution in [0.1, 0.15) is 66.5 Å². The Morgan fingerprint density at radius 1 is 0.658 bits per heavy atom. The molecule has 6 atom stereocenters. The van der Waals surface area contributed by atoms with E-state index >= 15 is 0 Å². The van der Waals surface area contributed by atoms with Crippen molar-refractivity contribution in [1.29, 1.82) is 0 Å². The molecule has 4 aliphatic rings. The smallest absolute Gasteiger partial charge is 0.227 e. The van der Waals surface area contributed by atoms with Crippen molar-refractivity contribution in [3.8, 4) is 0 Å². The molecule has 0 bridgehead atoms. The summed E-state index contributed by atoms with van der Waals surface area (Å²) in [6.07, 6.45) is 5.74. The van der Waals surface area contributed by atoms with Crippen molar-refractivity contribution in [2.75, 3.05) is 19.6 Å². The first-order valence-corrected chi connectivity index (χ1v) is 14.9. The van der Waals surface area contributed by atoms with Crippen LogP contribution >= 0.6 is 0 Å². The van der Waals surface area contributed by atoms with Crippen molar-refractivity contribution in [2.45, 2.75) is 49.9 Å². The van der Waals surface area contributed by atoms with Crippen molar-refractivity contribution in [3.05, 3.63) is 108 Å². The molecule has 2 N–H and O–H groups in total. The van der Waals surface area contributed by atoms with Gasteiger partial charge in [-0.15, -0.1) is 0 Å². The van der Waals surface area contributed by atoms with Crippen molar-refractivity contribution in [3.63, 3.8) is 0 Å². The van der Waals surface area contributed by atoms with Gasteiger partial charge in [-0.25, -0.2) is 0 Å². The zero-order valence-corrected chi connectivity index (χ0v) is 22.3. The van der Waals surface area contributed by atoms with Gasteiger partial charge in [-0.3, -0.25) is 4.79 Å². The molecular weight excluding hydrogens is 464 g/mol. The van der Waals surface area contributed by atoms with Crippen LogP contribution in [0.25, 0.3) is 0 Å². The first-order valence-electron chi connectivity index (χ1n) is 14.9. The van der Waals surface area contributed by atoms with E-state index in [1.54, 1.807) is 0 Å². The summed E-state index contributed by atoms with van der Waals surface area (Å²) in [5, 5.41) is 7.08. The molecule has 0 radical (unpaired) electrons. The molecule has 6 unspecified atom stereocenters. The summed E-state index contributed by atoms with van der Waals surface area (Å²) in [6, 6.07) is 33.0. The second-order valence-electron chi connectivity index (χ2n) is 12.4. The summed E-state index contributed by atoms with van der Waals surface area (Å²) in [4.78, 5) is 14.8. The van der Waals surface area contributed by atoms with E-state index in [0.717, 1.165) is 51.7 Å². The van der Waals surface area contributed by atoms with Gasteiger partial charge < -0.3 is 10.6 Å². The number of benzene rings is 3. The number of hydrogen-bond acceptors (Lipinski definition) is 2. The Bertz CT molecular complexity index is 1110. The van der Waals surface area contributed by atoms with Crippen LogP contribution in [0.15, 0.2) is 91.0 Å². The summed E-state index contributed by atoms with van der Waals surface area (Å²) in [7, 11) is 0. The highest BCUT2D eigenvalue weighted by atomic mass is 16.2. The molecule has 3 aliphatic carbocycles. The van der Waals surface area contributed by atoms with Gasteiger partial charge in [-0.2, -0.15) is 0 Å². The normalized spacial score (nSPS) is 31.7. The monoisotopic (exact) mass is 504 g/mol. The fourth-order valence-corrected chi connectivity index (χ4v) is 8.18. The highest BCUT2D eigenvalue weighted by Gasteiger charge is 2.73. The van der Waals surface area contributed by atoms with Gasteiger partial charge in [-0.1, -0.05) is 91.0 Å². The number of rotatable bonds is 9. The Balaban J connectivity index is 1.24. The van der Waals surface area contributed by atoms with Gasteiger partial charge in [0.05, 0.1) is 5.41 Å². The molecule has 0 spiro atoms. The summed E-state index contributed by atoms with van der Waals surface area (Å²) in [6.45, 7) is 2.97. The molecule has 1 aliphatic heterocycles. The van der Waals surface area contributed by atoms with Gasteiger partial charge in [0.15, 0.2) is 0 Å². The van der Waals surface area contributed by atoms with E-state index in [-0.39, 0.29) is 5.41 Å². The van der Waals surface area contributed by atoms with E-state index in [9.17, 15) is 4.79 Å². The van der Waals surface area contributed by atoms with Crippen LogP contribution < -0.4 is 10.6 Å². The molecule has 1 amide bonds. The molecule has 3 heteroatoms. The Morgan fingerprint density at radius 3 is 1.45 bits per heavy atom. The summed E-state index contributed by atoms with van der Waals surface area (Å²) < 4.78 is 0. The molecular formula is C35H40N2O. The number of carbonyl (C=O) groups excluding carboxylic acids is 1. The molecule has 0 aromatic heterocycles. The van der Waals surface area contributed by atoms with Gasteiger partial charge >= 0.3 is 0 Å². The van der Waals surface area contributed by atoms with E-state index in [4.69, 9.17) is 0 Å². The van der Waals surface area contributed by atoms with Gasteiger partial charge in [-0.05, 0) is 103 Å². The summed E-state index contributed by atoms with van der Waals surface area (Å²) in [5.74, 6) is 3.72. The van der Waals surface area contributed by atoms with E-state index in [1.807, 2.05) is 0 Å². The summed E-state index contributed by atoms with van der Waals surface area (Å²) in [5.41, 5.74) is 3.96. The quantitative estimate of drug-likeness (QED) is 0.349. The second-order valence-corrected chi connectivity index (χ2v) is 12.4. The minimum Gasteiger partial charge on any atom is -0.355 e. The first kappa shape index (κ1) is 24.2. The maximum absolute atomic E-state index is 14.8. The van der Waals surface area contributed by atoms with Crippen molar-refractivity contribution in [1.82, 2.24) is 10.6 Å². The van der Waals surface area contributed by atoms with Crippen molar-refractivity contribution >= 4 is 5.91 Å². The topological polar surface area (TPSA) is 41.1 Å². The molecule has 4 fully saturated rings. The average Bonchev–Trinajstić information content (AvgIpc) is 3.87. The number of carbonyl (C=O) groups is 1. The number of nitrogens with one attached hydrogen (secondary N) is 2. The lowest BCUT2D eigenvalue weighted by Gasteiger charge is -2.36. The van der Waals surface area contributed by atoms with E-state index in [0.29, 0.717) is 47.3 Å². The third-order valence-electron chi connectivity index (χ3n) is 10.3. The molecule has 3 aromatic carbocycles. The highest BCUT2D eigenvalue weighted by Crippen LogP contribution is 2.76. The fraction of sp³-hybridized carbons (Fsp3) is 0.457. The Morgan fingerprint density at radius 2 is 1.05 bits per heavy atom. The minimum absolute atomic E-state index is 0.297. The van der Waals surface area contributed by atoms with Gasteiger partial charge in [0.2, 0.25) is 5.91 Å². The van der Waals surface area contributed by atoms with Crippen LogP contribution in [0.3, 0.4) is 0 Å². The Kier molecular flexibility index (Phi) is 6.36. The van der Waals surface area contributed by atoms with Crippen LogP contribution in [0.4, 0.5) is 0 Å². The average molecular weight is 505 g/mol. The number of amides is 1. The lowest BCUT2D eigenvalue weighted by molar-refractivity contribution is -0.136. The first-order chi connectivity index (χ1) is 18.8. The molecule has 196 valence electrons. The molecule has 3 nitrogen and oxygen atoms in total. The van der Waals surface area contributed by atoms with Crippen molar-refractivity contribution < 1.29 is 4.79 Å². The second kappa shape index (κ2) is 10.0. The van der Waals surface area contributed by atoms with Crippen LogP contribution in [0, 0.1) is 29.1 Å². The third-order valence-corrected chi connectivity index (χ3v) is 10.3. The van der Waals surface area contributed by atoms with E-state index in [1.165, 1.54) is 16.7 Å². The van der Waals surface area contributed by atoms with E-state index < -0.39 is 0 Å².